The molecule has 1 atom stereocenters. The van der Waals surface area contributed by atoms with Crippen LogP contribution in [0.15, 0.2) is 24.3 Å². The van der Waals surface area contributed by atoms with E-state index in [1.54, 1.807) is 19.1 Å². The van der Waals surface area contributed by atoms with E-state index >= 15 is 0 Å². The molecule has 2 rings (SSSR count). The van der Waals surface area contributed by atoms with Crippen molar-refractivity contribution in [1.29, 1.82) is 0 Å². The highest BCUT2D eigenvalue weighted by molar-refractivity contribution is 5.92. The molecule has 1 aliphatic carbocycles. The maximum absolute atomic E-state index is 13.5. The van der Waals surface area contributed by atoms with Gasteiger partial charge in [0, 0.05) is 12.6 Å². The van der Waals surface area contributed by atoms with Crippen molar-refractivity contribution in [2.24, 2.45) is 5.92 Å². The second-order valence-corrected chi connectivity index (χ2v) is 5.43. The molecular weight excluding hydrogens is 275 g/mol. The highest BCUT2D eigenvalue weighted by Crippen LogP contribution is 2.27. The Balaban J connectivity index is 1.92. The molecule has 1 aliphatic rings. The van der Waals surface area contributed by atoms with Gasteiger partial charge in [0.05, 0.1) is 18.2 Å². The molecule has 1 fully saturated rings. The average molecular weight is 294 g/mol. The van der Waals surface area contributed by atoms with Crippen LogP contribution in [-0.4, -0.2) is 41.0 Å². The summed E-state index contributed by atoms with van der Waals surface area (Å²) in [5, 5.41) is 11.5. The van der Waals surface area contributed by atoms with Gasteiger partial charge >= 0.3 is 5.97 Å². The van der Waals surface area contributed by atoms with Crippen LogP contribution >= 0.6 is 0 Å². The number of halogens is 1. The van der Waals surface area contributed by atoms with E-state index in [-0.39, 0.29) is 24.2 Å². The van der Waals surface area contributed by atoms with Crippen LogP contribution in [0, 0.1) is 11.7 Å². The maximum Gasteiger partial charge on any atom is 0.307 e. The number of rotatable bonds is 7. The fourth-order valence-electron chi connectivity index (χ4n) is 2.15. The molecule has 1 aromatic rings. The van der Waals surface area contributed by atoms with Gasteiger partial charge in [-0.15, -0.1) is 0 Å². The third-order valence-corrected chi connectivity index (χ3v) is 3.49. The number of anilines is 1. The van der Waals surface area contributed by atoms with Gasteiger partial charge in [0.15, 0.2) is 0 Å². The molecule has 0 aliphatic heterocycles. The zero-order valence-electron chi connectivity index (χ0n) is 11.9. The third-order valence-electron chi connectivity index (χ3n) is 3.49. The number of carbonyl (C=O) groups excluding carboxylic acids is 1. The normalized spacial score (nSPS) is 15.8. The highest BCUT2D eigenvalue weighted by Gasteiger charge is 2.32. The molecule has 6 heteroatoms. The Labute approximate surface area is 122 Å². The first kappa shape index (κ1) is 15.4. The number of carbonyl (C=O) groups is 2. The molecule has 114 valence electrons. The van der Waals surface area contributed by atoms with Gasteiger partial charge in [0.1, 0.15) is 5.82 Å². The molecule has 0 spiro atoms. The average Bonchev–Trinajstić information content (AvgIpc) is 3.25. The Morgan fingerprint density at radius 2 is 2.10 bits per heavy atom. The molecule has 0 aromatic heterocycles. The lowest BCUT2D eigenvalue weighted by molar-refractivity contribution is -0.142. The van der Waals surface area contributed by atoms with Crippen LogP contribution in [0.25, 0.3) is 0 Å². The summed E-state index contributed by atoms with van der Waals surface area (Å²) in [6.45, 7) is 2.02. The molecule has 0 bridgehead atoms. The number of carboxylic acid groups (broad SMARTS) is 1. The van der Waals surface area contributed by atoms with Crippen molar-refractivity contribution in [2.75, 3.05) is 18.4 Å². The van der Waals surface area contributed by atoms with Crippen molar-refractivity contribution in [3.05, 3.63) is 30.1 Å². The van der Waals surface area contributed by atoms with Gasteiger partial charge in [-0.3, -0.25) is 14.5 Å². The van der Waals surface area contributed by atoms with Crippen molar-refractivity contribution in [3.8, 4) is 0 Å². The number of aliphatic carboxylic acids is 1. The van der Waals surface area contributed by atoms with Crippen molar-refractivity contribution < 1.29 is 19.1 Å². The van der Waals surface area contributed by atoms with Crippen LogP contribution in [0.1, 0.15) is 19.8 Å². The van der Waals surface area contributed by atoms with Gasteiger partial charge in [-0.25, -0.2) is 4.39 Å². The summed E-state index contributed by atoms with van der Waals surface area (Å²) in [6.07, 6.45) is 1.94. The number of hydrogen-bond donors (Lipinski definition) is 2. The Hall–Kier alpha value is -1.95. The lowest BCUT2D eigenvalue weighted by Crippen LogP contribution is -2.39. The van der Waals surface area contributed by atoms with Crippen LogP contribution in [0.3, 0.4) is 0 Å². The number of nitrogens with one attached hydrogen (secondary N) is 1. The number of amides is 1. The van der Waals surface area contributed by atoms with E-state index in [9.17, 15) is 14.0 Å². The third kappa shape index (κ3) is 4.53. The molecule has 1 amide bonds. The number of hydrogen-bond acceptors (Lipinski definition) is 3. The summed E-state index contributed by atoms with van der Waals surface area (Å²) in [5.74, 6) is -2.23. The molecule has 0 saturated heterocycles. The number of benzene rings is 1. The Kier molecular flexibility index (Phi) is 4.90. The van der Waals surface area contributed by atoms with Crippen molar-refractivity contribution in [1.82, 2.24) is 4.90 Å². The largest absolute Gasteiger partial charge is 0.481 e. The molecule has 1 unspecified atom stereocenters. The highest BCUT2D eigenvalue weighted by atomic mass is 19.1. The number of carboxylic acids is 1. The molecular formula is C15H19FN2O3. The van der Waals surface area contributed by atoms with Crippen molar-refractivity contribution in [2.45, 2.75) is 25.8 Å². The van der Waals surface area contributed by atoms with E-state index in [1.807, 2.05) is 4.90 Å². The fourth-order valence-corrected chi connectivity index (χ4v) is 2.15. The molecule has 2 N–H and O–H groups in total. The minimum Gasteiger partial charge on any atom is -0.481 e. The Morgan fingerprint density at radius 3 is 2.67 bits per heavy atom. The van der Waals surface area contributed by atoms with Crippen LogP contribution in [0.5, 0.6) is 0 Å². The van der Waals surface area contributed by atoms with Gasteiger partial charge in [0.25, 0.3) is 0 Å². The van der Waals surface area contributed by atoms with Crippen LogP contribution in [-0.2, 0) is 9.59 Å². The van der Waals surface area contributed by atoms with E-state index in [4.69, 9.17) is 5.11 Å². The van der Waals surface area contributed by atoms with Gasteiger partial charge in [0.2, 0.25) is 5.91 Å². The summed E-state index contributed by atoms with van der Waals surface area (Å²) < 4.78 is 13.5. The lowest BCUT2D eigenvalue weighted by atomic mass is 10.1. The molecule has 0 heterocycles. The monoisotopic (exact) mass is 294 g/mol. The second-order valence-electron chi connectivity index (χ2n) is 5.43. The van der Waals surface area contributed by atoms with Gasteiger partial charge in [-0.1, -0.05) is 19.1 Å². The fraction of sp³-hybridized carbons (Fsp3) is 0.467. The van der Waals surface area contributed by atoms with Crippen LogP contribution in [0.2, 0.25) is 0 Å². The van der Waals surface area contributed by atoms with Crippen molar-refractivity contribution in [3.63, 3.8) is 0 Å². The Bertz CT molecular complexity index is 531. The smallest absolute Gasteiger partial charge is 0.307 e. The lowest BCUT2D eigenvalue weighted by Gasteiger charge is -2.23. The first-order chi connectivity index (χ1) is 9.97. The summed E-state index contributed by atoms with van der Waals surface area (Å²) in [6, 6.07) is 6.23. The van der Waals surface area contributed by atoms with Gasteiger partial charge in [-0.05, 0) is 25.0 Å². The predicted octanol–water partition coefficient (Wildman–Crippen LogP) is 1.95. The van der Waals surface area contributed by atoms with E-state index in [1.165, 1.54) is 12.1 Å². The summed E-state index contributed by atoms with van der Waals surface area (Å²) in [5.41, 5.74) is 0.143. The van der Waals surface area contributed by atoms with Crippen LogP contribution < -0.4 is 5.32 Å². The SMILES string of the molecule is CC(CN(CC(=O)Nc1ccccc1F)C1CC1)C(=O)O. The minimum absolute atomic E-state index is 0.0800. The standard InChI is InChI=1S/C15H19FN2O3/c1-10(15(20)21)8-18(11-6-7-11)9-14(19)17-13-5-3-2-4-12(13)16/h2-5,10-11H,6-9H2,1H3,(H,17,19)(H,20,21). The quantitative estimate of drug-likeness (QED) is 0.806. The minimum atomic E-state index is -0.879. The Morgan fingerprint density at radius 1 is 1.43 bits per heavy atom. The van der Waals surface area contributed by atoms with E-state index in [0.29, 0.717) is 6.54 Å². The summed E-state index contributed by atoms with van der Waals surface area (Å²) in [7, 11) is 0. The first-order valence-electron chi connectivity index (χ1n) is 6.98. The predicted molar refractivity (Wildman–Crippen MR) is 76.4 cm³/mol. The summed E-state index contributed by atoms with van der Waals surface area (Å²) in [4.78, 5) is 24.8. The first-order valence-corrected chi connectivity index (χ1v) is 6.98. The molecule has 5 nitrogen and oxygen atoms in total. The van der Waals surface area contributed by atoms with E-state index in [0.717, 1.165) is 12.8 Å². The molecule has 1 aromatic carbocycles. The molecule has 1 saturated carbocycles. The maximum atomic E-state index is 13.5. The van der Waals surface area contributed by atoms with Crippen LogP contribution in [0.4, 0.5) is 10.1 Å². The topological polar surface area (TPSA) is 69.6 Å². The zero-order valence-corrected chi connectivity index (χ0v) is 11.9. The molecule has 21 heavy (non-hydrogen) atoms. The van der Waals surface area contributed by atoms with E-state index in [2.05, 4.69) is 5.32 Å². The number of nitrogens with zero attached hydrogens (tertiary/aromatic N) is 1. The summed E-state index contributed by atoms with van der Waals surface area (Å²) >= 11 is 0. The second kappa shape index (κ2) is 6.67. The van der Waals surface area contributed by atoms with Gasteiger partial charge < -0.3 is 10.4 Å². The van der Waals surface area contributed by atoms with E-state index < -0.39 is 17.7 Å². The van der Waals surface area contributed by atoms with Crippen molar-refractivity contribution >= 4 is 17.6 Å². The zero-order chi connectivity index (χ0) is 15.4. The molecule has 0 radical (unpaired) electrons. The van der Waals surface area contributed by atoms with Gasteiger partial charge in [-0.2, -0.15) is 0 Å². The number of para-hydroxylation sites is 1.